The molecule has 1 unspecified atom stereocenters. The van der Waals surface area contributed by atoms with Crippen LogP contribution in [0.4, 0.5) is 0 Å². The Balaban J connectivity index is 1.38. The number of nitrogens with zero attached hydrogens (tertiary/aromatic N) is 3. The summed E-state index contributed by atoms with van der Waals surface area (Å²) in [6, 6.07) is 22.4. The minimum atomic E-state index is -0.463. The highest BCUT2D eigenvalue weighted by Crippen LogP contribution is 2.33. The van der Waals surface area contributed by atoms with E-state index in [-0.39, 0.29) is 11.8 Å². The van der Waals surface area contributed by atoms with Crippen LogP contribution in [0.3, 0.4) is 0 Å². The van der Waals surface area contributed by atoms with Gasteiger partial charge in [-0.1, -0.05) is 41.6 Å². The Morgan fingerprint density at radius 1 is 1.08 bits per heavy atom. The van der Waals surface area contributed by atoms with Crippen LogP contribution in [0, 0.1) is 6.92 Å². The maximum absolute atomic E-state index is 12.8. The largest absolute Gasteiger partial charge is 0.465 e. The standard InChI is InChI=1S/C28H25N3O5/c1-18-29-27(36-30-18)20-10-12-24(13-11-20)35-25-14-21(28(33)34-2)8-9-22(25)16-31-17-23(15-26(31)32)19-6-4-3-5-7-19/h3-14,23H,15-17H2,1-2H3. The number of ether oxygens (including phenoxy) is 2. The first-order chi connectivity index (χ1) is 17.5. The number of likely N-dealkylation sites (tertiary alicyclic amines) is 1. The van der Waals surface area contributed by atoms with E-state index in [1.165, 1.54) is 7.11 Å². The average molecular weight is 484 g/mol. The van der Waals surface area contributed by atoms with E-state index >= 15 is 0 Å². The Kier molecular flexibility index (Phi) is 6.49. The van der Waals surface area contributed by atoms with Crippen LogP contribution in [0.5, 0.6) is 11.5 Å². The van der Waals surface area contributed by atoms with Gasteiger partial charge in [-0.2, -0.15) is 4.98 Å². The van der Waals surface area contributed by atoms with Crippen LogP contribution in [0.15, 0.2) is 77.3 Å². The predicted molar refractivity (Wildman–Crippen MR) is 132 cm³/mol. The Labute approximate surface area is 208 Å². The molecular formula is C28H25N3O5. The van der Waals surface area contributed by atoms with Crippen LogP contribution in [0.25, 0.3) is 11.5 Å². The van der Waals surface area contributed by atoms with E-state index in [0.29, 0.717) is 48.3 Å². The minimum Gasteiger partial charge on any atom is -0.465 e. The Bertz CT molecular complexity index is 1380. The van der Waals surface area contributed by atoms with Crippen molar-refractivity contribution < 1.29 is 23.6 Å². The molecule has 0 radical (unpaired) electrons. The molecule has 1 amide bonds. The molecule has 1 aliphatic rings. The summed E-state index contributed by atoms with van der Waals surface area (Å²) in [6.07, 6.45) is 0.469. The van der Waals surface area contributed by atoms with Gasteiger partial charge in [0.05, 0.1) is 12.7 Å². The summed E-state index contributed by atoms with van der Waals surface area (Å²) in [5.41, 5.74) is 3.08. The zero-order chi connectivity index (χ0) is 25.1. The van der Waals surface area contributed by atoms with Crippen molar-refractivity contribution >= 4 is 11.9 Å². The van der Waals surface area contributed by atoms with Gasteiger partial charge >= 0.3 is 5.97 Å². The predicted octanol–water partition coefficient (Wildman–Crippen LogP) is 5.14. The number of esters is 1. The number of carbonyl (C=O) groups is 2. The molecule has 0 N–H and O–H groups in total. The molecule has 8 nitrogen and oxygen atoms in total. The molecule has 1 aliphatic heterocycles. The zero-order valence-corrected chi connectivity index (χ0v) is 20.0. The lowest BCUT2D eigenvalue weighted by Crippen LogP contribution is -2.24. The summed E-state index contributed by atoms with van der Waals surface area (Å²) >= 11 is 0. The van der Waals surface area contributed by atoms with E-state index in [1.54, 1.807) is 37.3 Å². The molecule has 182 valence electrons. The van der Waals surface area contributed by atoms with E-state index in [0.717, 1.165) is 16.7 Å². The molecule has 4 aromatic rings. The lowest BCUT2D eigenvalue weighted by Gasteiger charge is -2.20. The van der Waals surface area contributed by atoms with Crippen molar-refractivity contribution in [2.24, 2.45) is 0 Å². The first-order valence-electron chi connectivity index (χ1n) is 11.6. The van der Waals surface area contributed by atoms with Crippen LogP contribution in [0.1, 0.15) is 39.6 Å². The van der Waals surface area contributed by atoms with E-state index < -0.39 is 5.97 Å². The molecule has 8 heteroatoms. The molecule has 0 spiro atoms. The molecule has 0 saturated carbocycles. The fourth-order valence-corrected chi connectivity index (χ4v) is 4.31. The summed E-state index contributed by atoms with van der Waals surface area (Å²) < 4.78 is 16.3. The highest BCUT2D eigenvalue weighted by atomic mass is 16.5. The number of amides is 1. The van der Waals surface area contributed by atoms with E-state index in [9.17, 15) is 9.59 Å². The van der Waals surface area contributed by atoms with Gasteiger partial charge in [-0.3, -0.25) is 4.79 Å². The number of carbonyl (C=O) groups excluding carboxylic acids is 2. The van der Waals surface area contributed by atoms with Crippen LogP contribution in [-0.4, -0.2) is 40.6 Å². The quantitative estimate of drug-likeness (QED) is 0.336. The molecule has 1 fully saturated rings. The third kappa shape index (κ3) is 4.98. The van der Waals surface area contributed by atoms with Gasteiger partial charge in [0.25, 0.3) is 5.89 Å². The Morgan fingerprint density at radius 2 is 1.86 bits per heavy atom. The number of hydrogen-bond acceptors (Lipinski definition) is 7. The molecule has 5 rings (SSSR count). The fourth-order valence-electron chi connectivity index (χ4n) is 4.31. The summed E-state index contributed by atoms with van der Waals surface area (Å²) in [5.74, 6) is 1.80. The first kappa shape index (κ1) is 23.3. The zero-order valence-electron chi connectivity index (χ0n) is 20.0. The third-order valence-corrected chi connectivity index (χ3v) is 6.19. The van der Waals surface area contributed by atoms with Crippen LogP contribution in [-0.2, 0) is 16.1 Å². The number of aryl methyl sites for hydroxylation is 1. The van der Waals surface area contributed by atoms with Crippen molar-refractivity contribution in [3.63, 3.8) is 0 Å². The van der Waals surface area contributed by atoms with Gasteiger partial charge in [-0.15, -0.1) is 0 Å². The molecule has 1 saturated heterocycles. The summed E-state index contributed by atoms with van der Waals surface area (Å²) in [4.78, 5) is 31.0. The SMILES string of the molecule is COC(=O)c1ccc(CN2CC(c3ccccc3)CC2=O)c(Oc2ccc(-c3nc(C)no3)cc2)c1. The topological polar surface area (TPSA) is 94.8 Å². The highest BCUT2D eigenvalue weighted by molar-refractivity contribution is 5.90. The Morgan fingerprint density at radius 3 is 2.56 bits per heavy atom. The Hall–Kier alpha value is -4.46. The molecule has 1 atom stereocenters. The van der Waals surface area contributed by atoms with Crippen LogP contribution in [0.2, 0.25) is 0 Å². The van der Waals surface area contributed by atoms with Crippen molar-refractivity contribution in [1.82, 2.24) is 15.0 Å². The summed E-state index contributed by atoms with van der Waals surface area (Å²) in [6.45, 7) is 2.76. The highest BCUT2D eigenvalue weighted by Gasteiger charge is 2.31. The fraction of sp³-hybridized carbons (Fsp3) is 0.214. The van der Waals surface area contributed by atoms with Gasteiger partial charge in [0.2, 0.25) is 5.91 Å². The maximum atomic E-state index is 12.8. The molecule has 2 heterocycles. The number of rotatable bonds is 7. The van der Waals surface area contributed by atoms with E-state index in [1.807, 2.05) is 35.2 Å². The number of benzene rings is 3. The second-order valence-electron chi connectivity index (χ2n) is 8.67. The van der Waals surface area contributed by atoms with Gasteiger partial charge in [-0.05, 0) is 48.9 Å². The summed E-state index contributed by atoms with van der Waals surface area (Å²) in [7, 11) is 1.33. The number of aromatic nitrogens is 2. The van der Waals surface area contributed by atoms with Gasteiger partial charge in [0.15, 0.2) is 5.82 Å². The molecular weight excluding hydrogens is 458 g/mol. The monoisotopic (exact) mass is 483 g/mol. The second kappa shape index (κ2) is 10.0. The van der Waals surface area contributed by atoms with Crippen molar-refractivity contribution in [3.05, 3.63) is 95.3 Å². The maximum Gasteiger partial charge on any atom is 0.337 e. The van der Waals surface area contributed by atoms with E-state index in [4.69, 9.17) is 14.0 Å². The van der Waals surface area contributed by atoms with Gasteiger partial charge < -0.3 is 18.9 Å². The second-order valence-corrected chi connectivity index (χ2v) is 8.67. The number of methoxy groups -OCH3 is 1. The number of hydrogen-bond donors (Lipinski definition) is 0. The molecule has 0 bridgehead atoms. The molecule has 1 aromatic heterocycles. The smallest absolute Gasteiger partial charge is 0.337 e. The van der Waals surface area contributed by atoms with Gasteiger partial charge in [0.1, 0.15) is 11.5 Å². The van der Waals surface area contributed by atoms with Crippen LogP contribution < -0.4 is 4.74 Å². The van der Waals surface area contributed by atoms with Gasteiger partial charge in [-0.25, -0.2) is 4.79 Å². The molecule has 0 aliphatic carbocycles. The van der Waals surface area contributed by atoms with Crippen molar-refractivity contribution in [1.29, 1.82) is 0 Å². The third-order valence-electron chi connectivity index (χ3n) is 6.19. The lowest BCUT2D eigenvalue weighted by atomic mass is 9.98. The first-order valence-corrected chi connectivity index (χ1v) is 11.6. The van der Waals surface area contributed by atoms with Crippen molar-refractivity contribution in [2.75, 3.05) is 13.7 Å². The van der Waals surface area contributed by atoms with Crippen molar-refractivity contribution in [3.8, 4) is 23.0 Å². The van der Waals surface area contributed by atoms with E-state index in [2.05, 4.69) is 22.3 Å². The summed E-state index contributed by atoms with van der Waals surface area (Å²) in [5, 5.41) is 3.82. The minimum absolute atomic E-state index is 0.0889. The average Bonchev–Trinajstić information content (AvgIpc) is 3.51. The molecule has 3 aromatic carbocycles. The van der Waals surface area contributed by atoms with Crippen LogP contribution >= 0.6 is 0 Å². The van der Waals surface area contributed by atoms with Crippen molar-refractivity contribution in [2.45, 2.75) is 25.8 Å². The normalized spacial score (nSPS) is 15.2. The lowest BCUT2D eigenvalue weighted by molar-refractivity contribution is -0.128. The molecule has 36 heavy (non-hydrogen) atoms. The van der Waals surface area contributed by atoms with Gasteiger partial charge in [0, 0.05) is 36.6 Å².